The van der Waals surface area contributed by atoms with Crippen molar-refractivity contribution in [1.29, 1.82) is 0 Å². The van der Waals surface area contributed by atoms with Gasteiger partial charge < -0.3 is 9.88 Å². The number of para-hydroxylation sites is 2. The highest BCUT2D eigenvalue weighted by molar-refractivity contribution is 5.61. The van der Waals surface area contributed by atoms with Crippen LogP contribution in [0.1, 0.15) is 11.3 Å². The van der Waals surface area contributed by atoms with Gasteiger partial charge in [-0.3, -0.25) is 4.68 Å². The van der Waals surface area contributed by atoms with E-state index in [1.54, 1.807) is 12.5 Å². The maximum Gasteiger partial charge on any atom is 0.0992 e. The Bertz CT molecular complexity index is 697. The van der Waals surface area contributed by atoms with Crippen molar-refractivity contribution >= 4 is 5.69 Å². The third-order valence-electron chi connectivity index (χ3n) is 3.27. The maximum absolute atomic E-state index is 4.36. The third-order valence-corrected chi connectivity index (χ3v) is 3.27. The zero-order valence-electron chi connectivity index (χ0n) is 11.6. The molecule has 0 fully saturated rings. The summed E-state index contributed by atoms with van der Waals surface area (Å²) < 4.78 is 3.84. The lowest BCUT2D eigenvalue weighted by Crippen LogP contribution is -2.03. The van der Waals surface area contributed by atoms with E-state index in [2.05, 4.69) is 27.5 Å². The standard InChI is InChI=1S/C15H17N5/c1-12-13(10-19(2)18-12)9-17-14-5-3-4-6-15(14)20-8-7-16-11-20/h3-8,10-11,17H,9H2,1-2H3. The first-order valence-corrected chi connectivity index (χ1v) is 6.54. The molecule has 2 aromatic heterocycles. The molecule has 0 saturated carbocycles. The average molecular weight is 267 g/mol. The minimum atomic E-state index is 0.755. The van der Waals surface area contributed by atoms with E-state index >= 15 is 0 Å². The number of hydrogen-bond donors (Lipinski definition) is 1. The molecule has 1 aromatic carbocycles. The minimum absolute atomic E-state index is 0.755. The van der Waals surface area contributed by atoms with Gasteiger partial charge in [-0.15, -0.1) is 0 Å². The molecule has 0 unspecified atom stereocenters. The van der Waals surface area contributed by atoms with E-state index in [1.165, 1.54) is 5.56 Å². The second-order valence-electron chi connectivity index (χ2n) is 4.75. The van der Waals surface area contributed by atoms with Crippen LogP contribution in [-0.4, -0.2) is 19.3 Å². The Morgan fingerprint density at radius 1 is 1.25 bits per heavy atom. The van der Waals surface area contributed by atoms with Gasteiger partial charge in [0.1, 0.15) is 0 Å². The van der Waals surface area contributed by atoms with Crippen molar-refractivity contribution in [3.8, 4) is 5.69 Å². The molecule has 0 atom stereocenters. The highest BCUT2D eigenvalue weighted by Crippen LogP contribution is 2.20. The van der Waals surface area contributed by atoms with Crippen LogP contribution < -0.4 is 5.32 Å². The fourth-order valence-electron chi connectivity index (χ4n) is 2.26. The van der Waals surface area contributed by atoms with Gasteiger partial charge in [-0.1, -0.05) is 12.1 Å². The number of rotatable bonds is 4. The topological polar surface area (TPSA) is 47.7 Å². The molecule has 0 saturated heterocycles. The van der Waals surface area contributed by atoms with Gasteiger partial charge in [-0.2, -0.15) is 5.10 Å². The molecule has 0 aliphatic rings. The van der Waals surface area contributed by atoms with Crippen LogP contribution in [0.4, 0.5) is 5.69 Å². The van der Waals surface area contributed by atoms with Crippen LogP contribution in [0.3, 0.4) is 0 Å². The second kappa shape index (κ2) is 5.21. The smallest absolute Gasteiger partial charge is 0.0992 e. The van der Waals surface area contributed by atoms with Gasteiger partial charge in [-0.25, -0.2) is 4.98 Å². The van der Waals surface area contributed by atoms with E-state index in [0.29, 0.717) is 0 Å². The number of hydrogen-bond acceptors (Lipinski definition) is 3. The van der Waals surface area contributed by atoms with Crippen molar-refractivity contribution < 1.29 is 0 Å². The zero-order valence-corrected chi connectivity index (χ0v) is 11.6. The molecular formula is C15H17N5. The van der Waals surface area contributed by atoms with Gasteiger partial charge in [0, 0.05) is 37.7 Å². The number of anilines is 1. The van der Waals surface area contributed by atoms with Gasteiger partial charge >= 0.3 is 0 Å². The average Bonchev–Trinajstić information content (AvgIpc) is 3.07. The molecule has 0 spiro atoms. The Hall–Kier alpha value is -2.56. The first kappa shape index (κ1) is 12.5. The number of benzene rings is 1. The van der Waals surface area contributed by atoms with E-state index in [-0.39, 0.29) is 0 Å². The van der Waals surface area contributed by atoms with Crippen molar-refractivity contribution in [3.63, 3.8) is 0 Å². The number of nitrogens with one attached hydrogen (secondary N) is 1. The van der Waals surface area contributed by atoms with Gasteiger partial charge in [0.15, 0.2) is 0 Å². The van der Waals surface area contributed by atoms with Crippen LogP contribution in [0.2, 0.25) is 0 Å². The van der Waals surface area contributed by atoms with E-state index in [9.17, 15) is 0 Å². The largest absolute Gasteiger partial charge is 0.379 e. The van der Waals surface area contributed by atoms with E-state index < -0.39 is 0 Å². The predicted molar refractivity (Wildman–Crippen MR) is 78.8 cm³/mol. The first-order chi connectivity index (χ1) is 9.74. The first-order valence-electron chi connectivity index (χ1n) is 6.54. The maximum atomic E-state index is 4.36. The summed E-state index contributed by atoms with van der Waals surface area (Å²) in [6.07, 6.45) is 7.57. The summed E-state index contributed by atoms with van der Waals surface area (Å²) in [4.78, 5) is 4.10. The summed E-state index contributed by atoms with van der Waals surface area (Å²) in [5, 5.41) is 7.83. The summed E-state index contributed by atoms with van der Waals surface area (Å²) in [6, 6.07) is 8.19. The van der Waals surface area contributed by atoms with Gasteiger partial charge in [0.05, 0.1) is 23.4 Å². The summed E-state index contributed by atoms with van der Waals surface area (Å²) in [6.45, 7) is 2.78. The molecule has 0 amide bonds. The lowest BCUT2D eigenvalue weighted by Gasteiger charge is -2.12. The Balaban J connectivity index is 1.83. The van der Waals surface area contributed by atoms with Crippen LogP contribution in [0, 0.1) is 6.92 Å². The molecule has 5 heteroatoms. The van der Waals surface area contributed by atoms with Crippen LogP contribution in [0.5, 0.6) is 0 Å². The highest BCUT2D eigenvalue weighted by Gasteiger charge is 2.06. The Kier molecular flexibility index (Phi) is 3.25. The summed E-state index contributed by atoms with van der Waals surface area (Å²) in [5.41, 5.74) is 4.42. The third kappa shape index (κ3) is 2.42. The van der Waals surface area contributed by atoms with Crippen molar-refractivity contribution in [1.82, 2.24) is 19.3 Å². The lowest BCUT2D eigenvalue weighted by molar-refractivity contribution is 0.756. The molecule has 0 radical (unpaired) electrons. The predicted octanol–water partition coefficient (Wildman–Crippen LogP) is 2.53. The fraction of sp³-hybridized carbons (Fsp3) is 0.200. The van der Waals surface area contributed by atoms with Crippen molar-refractivity contribution in [3.05, 3.63) is 60.4 Å². The normalized spacial score (nSPS) is 10.7. The van der Waals surface area contributed by atoms with Crippen LogP contribution in [0.25, 0.3) is 5.69 Å². The van der Waals surface area contributed by atoms with Crippen LogP contribution >= 0.6 is 0 Å². The molecule has 2 heterocycles. The summed E-state index contributed by atoms with van der Waals surface area (Å²) in [5.74, 6) is 0. The summed E-state index contributed by atoms with van der Waals surface area (Å²) in [7, 11) is 1.94. The van der Waals surface area contributed by atoms with E-state index in [0.717, 1.165) is 23.6 Å². The van der Waals surface area contributed by atoms with Crippen molar-refractivity contribution in [2.75, 3.05) is 5.32 Å². The molecule has 0 aliphatic heterocycles. The quantitative estimate of drug-likeness (QED) is 0.790. The van der Waals surface area contributed by atoms with E-state index in [1.807, 2.05) is 47.7 Å². The van der Waals surface area contributed by atoms with Gasteiger partial charge in [0.25, 0.3) is 0 Å². The van der Waals surface area contributed by atoms with Crippen LogP contribution in [0.15, 0.2) is 49.2 Å². The van der Waals surface area contributed by atoms with Gasteiger partial charge in [-0.05, 0) is 19.1 Å². The van der Waals surface area contributed by atoms with Crippen molar-refractivity contribution in [2.45, 2.75) is 13.5 Å². The molecule has 20 heavy (non-hydrogen) atoms. The molecule has 0 aliphatic carbocycles. The molecule has 3 aromatic rings. The number of imidazole rings is 1. The minimum Gasteiger partial charge on any atom is -0.379 e. The van der Waals surface area contributed by atoms with Crippen molar-refractivity contribution in [2.24, 2.45) is 7.05 Å². The molecule has 5 nitrogen and oxygen atoms in total. The Labute approximate surface area is 117 Å². The Morgan fingerprint density at radius 2 is 2.10 bits per heavy atom. The number of aryl methyl sites for hydroxylation is 2. The van der Waals surface area contributed by atoms with Crippen LogP contribution in [-0.2, 0) is 13.6 Å². The zero-order chi connectivity index (χ0) is 13.9. The monoisotopic (exact) mass is 267 g/mol. The lowest BCUT2D eigenvalue weighted by atomic mass is 10.2. The second-order valence-corrected chi connectivity index (χ2v) is 4.75. The molecule has 102 valence electrons. The Morgan fingerprint density at radius 3 is 2.80 bits per heavy atom. The molecule has 0 bridgehead atoms. The fourth-order valence-corrected chi connectivity index (χ4v) is 2.26. The van der Waals surface area contributed by atoms with E-state index in [4.69, 9.17) is 0 Å². The molecule has 3 rings (SSSR count). The number of nitrogens with zero attached hydrogens (tertiary/aromatic N) is 4. The highest BCUT2D eigenvalue weighted by atomic mass is 15.3. The SMILES string of the molecule is Cc1nn(C)cc1CNc1ccccc1-n1ccnc1. The molecular weight excluding hydrogens is 250 g/mol. The summed E-state index contributed by atoms with van der Waals surface area (Å²) >= 11 is 0. The number of aromatic nitrogens is 4. The van der Waals surface area contributed by atoms with Gasteiger partial charge in [0.2, 0.25) is 0 Å². The molecule has 1 N–H and O–H groups in total.